The summed E-state index contributed by atoms with van der Waals surface area (Å²) >= 11 is 0. The number of sulfonamides is 1. The Balaban J connectivity index is 1.77. The van der Waals surface area contributed by atoms with Gasteiger partial charge in [0, 0.05) is 25.5 Å². The molecule has 0 amide bonds. The highest BCUT2D eigenvalue weighted by Crippen LogP contribution is 2.26. The molecule has 1 aliphatic rings. The summed E-state index contributed by atoms with van der Waals surface area (Å²) in [5, 5.41) is 0. The topological polar surface area (TPSA) is 63.6 Å². The summed E-state index contributed by atoms with van der Waals surface area (Å²) in [4.78, 5) is 2.71. The third-order valence-corrected chi connectivity index (χ3v) is 7.21. The van der Waals surface area contributed by atoms with Crippen molar-refractivity contribution in [1.29, 1.82) is 0 Å². The van der Waals surface area contributed by atoms with Crippen LogP contribution in [0, 0.1) is 6.92 Å². The Morgan fingerprint density at radius 1 is 1.13 bits per heavy atom. The van der Waals surface area contributed by atoms with Crippen LogP contribution in [0.3, 0.4) is 0 Å². The van der Waals surface area contributed by atoms with Crippen LogP contribution >= 0.6 is 0 Å². The van der Waals surface area contributed by atoms with Crippen LogP contribution in [0.4, 0.5) is 0 Å². The Bertz CT molecular complexity index is 916. The van der Waals surface area contributed by atoms with Crippen LogP contribution in [0.2, 0.25) is 0 Å². The Labute approximate surface area is 181 Å². The molecular weight excluding hydrogens is 398 g/mol. The minimum Gasteiger partial charge on any atom is -0.493 e. The average Bonchev–Trinajstić information content (AvgIpc) is 2.97. The maximum Gasteiger partial charge on any atom is 0.240 e. The molecule has 30 heavy (non-hydrogen) atoms. The smallest absolute Gasteiger partial charge is 0.240 e. The molecule has 2 heterocycles. The van der Waals surface area contributed by atoms with Gasteiger partial charge in [0.2, 0.25) is 10.0 Å². The van der Waals surface area contributed by atoms with E-state index >= 15 is 0 Å². The van der Waals surface area contributed by atoms with Crippen LogP contribution in [-0.4, -0.2) is 44.1 Å². The van der Waals surface area contributed by atoms with Crippen molar-refractivity contribution in [3.05, 3.63) is 47.8 Å². The fourth-order valence-corrected chi connectivity index (χ4v) is 5.21. The predicted molar refractivity (Wildman–Crippen MR) is 120 cm³/mol. The van der Waals surface area contributed by atoms with E-state index in [2.05, 4.69) is 20.3 Å². The molecule has 1 aliphatic heterocycles. The standard InChI is InChI=1S/C23H35N3O3S/c1-4-16-29-23-12-11-20(17-19(23)2)30(27,28)24-18-22(21-10-9-13-25(21)3)26-14-7-5-6-8-15-26/h9-13,17,22,24H,4-8,14-16,18H2,1-3H3. The first kappa shape index (κ1) is 22.8. The molecule has 1 N–H and O–H groups in total. The molecule has 1 aromatic heterocycles. The van der Waals surface area contributed by atoms with E-state index in [0.29, 0.717) is 13.2 Å². The molecule has 0 spiro atoms. The van der Waals surface area contributed by atoms with E-state index in [-0.39, 0.29) is 10.9 Å². The summed E-state index contributed by atoms with van der Waals surface area (Å²) in [5.74, 6) is 0.738. The first-order valence-electron chi connectivity index (χ1n) is 11.0. The second-order valence-electron chi connectivity index (χ2n) is 8.14. The van der Waals surface area contributed by atoms with E-state index < -0.39 is 10.0 Å². The van der Waals surface area contributed by atoms with Gasteiger partial charge in [-0.3, -0.25) is 4.90 Å². The van der Waals surface area contributed by atoms with Crippen molar-refractivity contribution in [2.75, 3.05) is 26.2 Å². The first-order chi connectivity index (χ1) is 14.4. The Morgan fingerprint density at radius 2 is 1.87 bits per heavy atom. The molecule has 0 saturated carbocycles. The molecule has 1 fully saturated rings. The number of aromatic nitrogens is 1. The van der Waals surface area contributed by atoms with E-state index in [1.165, 1.54) is 12.8 Å². The van der Waals surface area contributed by atoms with Crippen molar-refractivity contribution in [3.8, 4) is 5.75 Å². The second kappa shape index (κ2) is 10.5. The molecule has 3 rings (SSSR count). The number of hydrogen-bond donors (Lipinski definition) is 1. The third-order valence-electron chi connectivity index (χ3n) is 5.79. The van der Waals surface area contributed by atoms with Crippen molar-refractivity contribution in [2.45, 2.75) is 56.9 Å². The van der Waals surface area contributed by atoms with E-state index in [0.717, 1.165) is 49.4 Å². The Kier molecular flexibility index (Phi) is 7.97. The Morgan fingerprint density at radius 3 is 2.47 bits per heavy atom. The number of nitrogens with zero attached hydrogens (tertiary/aromatic N) is 2. The minimum absolute atomic E-state index is 0.0196. The number of nitrogens with one attached hydrogen (secondary N) is 1. The summed E-state index contributed by atoms with van der Waals surface area (Å²) in [7, 11) is -1.59. The number of rotatable bonds is 9. The summed E-state index contributed by atoms with van der Waals surface area (Å²) in [6.07, 6.45) is 7.74. The third kappa shape index (κ3) is 5.65. The molecule has 2 aromatic rings. The lowest BCUT2D eigenvalue weighted by molar-refractivity contribution is 0.199. The number of aryl methyl sites for hydroxylation is 2. The molecule has 0 aliphatic carbocycles. The van der Waals surface area contributed by atoms with Crippen molar-refractivity contribution < 1.29 is 13.2 Å². The highest BCUT2D eigenvalue weighted by Gasteiger charge is 2.26. The maximum atomic E-state index is 13.0. The predicted octanol–water partition coefficient (Wildman–Crippen LogP) is 4.02. The molecule has 1 saturated heterocycles. The lowest BCUT2D eigenvalue weighted by atomic mass is 10.1. The van der Waals surface area contributed by atoms with Gasteiger partial charge in [0.15, 0.2) is 0 Å². The van der Waals surface area contributed by atoms with Crippen molar-refractivity contribution >= 4 is 10.0 Å². The molecule has 1 unspecified atom stereocenters. The number of benzene rings is 1. The molecule has 7 heteroatoms. The molecular formula is C23H35N3O3S. The van der Waals surface area contributed by atoms with Crippen LogP contribution < -0.4 is 9.46 Å². The van der Waals surface area contributed by atoms with Gasteiger partial charge in [0.1, 0.15) is 5.75 Å². The van der Waals surface area contributed by atoms with Gasteiger partial charge in [-0.05, 0) is 75.2 Å². The van der Waals surface area contributed by atoms with Crippen LogP contribution in [0.5, 0.6) is 5.75 Å². The lowest BCUT2D eigenvalue weighted by Gasteiger charge is -2.31. The minimum atomic E-state index is -3.61. The summed E-state index contributed by atoms with van der Waals surface area (Å²) < 4.78 is 36.7. The van der Waals surface area contributed by atoms with E-state index in [1.54, 1.807) is 18.2 Å². The second-order valence-corrected chi connectivity index (χ2v) is 9.90. The molecule has 1 atom stereocenters. The van der Waals surface area contributed by atoms with Gasteiger partial charge in [0.25, 0.3) is 0 Å². The first-order valence-corrected chi connectivity index (χ1v) is 12.5. The zero-order valence-electron chi connectivity index (χ0n) is 18.4. The SMILES string of the molecule is CCCOc1ccc(S(=O)(=O)NCC(c2cccn2C)N2CCCCCC2)cc1C. The van der Waals surface area contributed by atoms with Crippen LogP contribution in [0.25, 0.3) is 0 Å². The average molecular weight is 434 g/mol. The van der Waals surface area contributed by atoms with Gasteiger partial charge < -0.3 is 9.30 Å². The van der Waals surface area contributed by atoms with Gasteiger partial charge in [-0.15, -0.1) is 0 Å². The summed E-state index contributed by atoms with van der Waals surface area (Å²) in [6, 6.07) is 9.20. The Hall–Kier alpha value is -1.83. The quantitative estimate of drug-likeness (QED) is 0.649. The van der Waals surface area contributed by atoms with Gasteiger partial charge in [-0.2, -0.15) is 0 Å². The molecule has 0 bridgehead atoms. The van der Waals surface area contributed by atoms with Gasteiger partial charge in [-0.25, -0.2) is 13.1 Å². The fraction of sp³-hybridized carbons (Fsp3) is 0.565. The molecule has 6 nitrogen and oxygen atoms in total. The molecule has 0 radical (unpaired) electrons. The van der Waals surface area contributed by atoms with Gasteiger partial charge >= 0.3 is 0 Å². The van der Waals surface area contributed by atoms with Crippen molar-refractivity contribution in [2.24, 2.45) is 7.05 Å². The van der Waals surface area contributed by atoms with Crippen LogP contribution in [0.1, 0.15) is 56.3 Å². The fourth-order valence-electron chi connectivity index (χ4n) is 4.08. The monoisotopic (exact) mass is 433 g/mol. The lowest BCUT2D eigenvalue weighted by Crippen LogP contribution is -2.39. The van der Waals surface area contributed by atoms with Crippen molar-refractivity contribution in [3.63, 3.8) is 0 Å². The highest BCUT2D eigenvalue weighted by atomic mass is 32.2. The largest absolute Gasteiger partial charge is 0.493 e. The number of ether oxygens (including phenoxy) is 1. The zero-order valence-corrected chi connectivity index (χ0v) is 19.2. The van der Waals surface area contributed by atoms with Crippen LogP contribution in [-0.2, 0) is 17.1 Å². The zero-order chi connectivity index (χ0) is 21.6. The van der Waals surface area contributed by atoms with E-state index in [1.807, 2.05) is 33.2 Å². The molecule has 1 aromatic carbocycles. The maximum absolute atomic E-state index is 13.0. The number of likely N-dealkylation sites (tertiary alicyclic amines) is 1. The van der Waals surface area contributed by atoms with Gasteiger partial charge in [0.05, 0.1) is 17.5 Å². The van der Waals surface area contributed by atoms with E-state index in [4.69, 9.17) is 4.74 Å². The van der Waals surface area contributed by atoms with Crippen molar-refractivity contribution in [1.82, 2.24) is 14.2 Å². The summed E-state index contributed by atoms with van der Waals surface area (Å²) in [6.45, 7) is 6.91. The van der Waals surface area contributed by atoms with E-state index in [9.17, 15) is 8.42 Å². The highest BCUT2D eigenvalue weighted by molar-refractivity contribution is 7.89. The summed E-state index contributed by atoms with van der Waals surface area (Å²) in [5.41, 5.74) is 1.97. The number of hydrogen-bond acceptors (Lipinski definition) is 4. The molecule has 166 valence electrons. The normalized spacial score (nSPS) is 16.9. The van der Waals surface area contributed by atoms with Crippen LogP contribution in [0.15, 0.2) is 41.4 Å². The van der Waals surface area contributed by atoms with Gasteiger partial charge in [-0.1, -0.05) is 19.8 Å².